The Morgan fingerprint density at radius 3 is 1.51 bits per heavy atom. The number of fused-ring (bicyclic) bond motifs is 6. The third kappa shape index (κ3) is 5.48. The minimum atomic E-state index is -1.34. The van der Waals surface area contributed by atoms with Crippen molar-refractivity contribution in [2.75, 3.05) is 17.4 Å². The molecule has 11 rings (SSSR count). The van der Waals surface area contributed by atoms with Gasteiger partial charge in [-0.05, 0) is 110 Å². The van der Waals surface area contributed by atoms with Gasteiger partial charge < -0.3 is 4.90 Å². The molecule has 9 aromatic carbocycles. The molecule has 0 fully saturated rings. The number of hydrogen-bond donors (Lipinski definition) is 0. The summed E-state index contributed by atoms with van der Waals surface area (Å²) < 4.78 is 0. The Kier molecular flexibility index (Phi) is 8.32. The van der Waals surface area contributed by atoms with Gasteiger partial charge in [0.2, 0.25) is 0 Å². The van der Waals surface area contributed by atoms with E-state index in [1.165, 1.54) is 82.2 Å². The number of anilines is 3. The highest BCUT2D eigenvalue weighted by Gasteiger charge is 2.47. The highest BCUT2D eigenvalue weighted by molar-refractivity contribution is 8.33. The van der Waals surface area contributed by atoms with Gasteiger partial charge >= 0.3 is 0 Å². The Morgan fingerprint density at radius 2 is 0.847 bits per heavy atom. The molecule has 2 aliphatic rings. The maximum atomic E-state index is 2.53. The second-order valence-electron chi connectivity index (χ2n) is 16.1. The maximum Gasteiger partial charge on any atom is 0.0714 e. The van der Waals surface area contributed by atoms with Crippen LogP contribution in [0.1, 0.15) is 22.3 Å². The van der Waals surface area contributed by atoms with E-state index in [2.05, 4.69) is 242 Å². The Labute approximate surface area is 349 Å². The van der Waals surface area contributed by atoms with Crippen molar-refractivity contribution in [1.82, 2.24) is 0 Å². The Balaban J connectivity index is 1.16. The molecule has 0 N–H and O–H groups in total. The molecule has 0 amide bonds. The van der Waals surface area contributed by atoms with E-state index in [4.69, 9.17) is 0 Å². The third-order valence-electron chi connectivity index (χ3n) is 12.6. The Bertz CT molecular complexity index is 2970. The number of hydrogen-bond acceptors (Lipinski definition) is 1. The van der Waals surface area contributed by atoms with Gasteiger partial charge in [0.25, 0.3) is 0 Å². The lowest BCUT2D eigenvalue weighted by Gasteiger charge is -2.35. The topological polar surface area (TPSA) is 3.24 Å². The summed E-state index contributed by atoms with van der Waals surface area (Å²) >= 11 is 0. The molecular weight excluding hydrogens is 731 g/mol. The minimum absolute atomic E-state index is 0.496. The number of nitrogens with zero attached hydrogens (tertiary/aromatic N) is 1. The molecule has 9 aromatic rings. The maximum absolute atomic E-state index is 2.53. The number of rotatable bonds is 7. The van der Waals surface area contributed by atoms with Crippen LogP contribution in [0, 0.1) is 0 Å². The zero-order valence-electron chi connectivity index (χ0n) is 33.2. The van der Waals surface area contributed by atoms with Crippen molar-refractivity contribution in [2.24, 2.45) is 0 Å². The van der Waals surface area contributed by atoms with E-state index < -0.39 is 15.4 Å². The molecule has 0 saturated heterocycles. The lowest BCUT2D eigenvalue weighted by molar-refractivity contribution is 0.768. The molecule has 59 heavy (non-hydrogen) atoms. The summed E-state index contributed by atoms with van der Waals surface area (Å²) in [4.78, 5) is 5.41. The molecular formula is C57H43NS. The van der Waals surface area contributed by atoms with Crippen LogP contribution in [-0.2, 0) is 5.41 Å². The summed E-state index contributed by atoms with van der Waals surface area (Å²) in [5.74, 6) is 0. The van der Waals surface area contributed by atoms with Crippen molar-refractivity contribution in [3.63, 3.8) is 0 Å². The summed E-state index contributed by atoms with van der Waals surface area (Å²) in [6, 6.07) is 83.2. The van der Waals surface area contributed by atoms with Crippen molar-refractivity contribution in [1.29, 1.82) is 0 Å². The first kappa shape index (κ1) is 35.3. The molecule has 1 aliphatic carbocycles. The highest BCUT2D eigenvalue weighted by Crippen LogP contribution is 2.68. The van der Waals surface area contributed by atoms with E-state index >= 15 is 0 Å². The van der Waals surface area contributed by atoms with Gasteiger partial charge in [0.05, 0.1) is 11.1 Å². The zero-order valence-corrected chi connectivity index (χ0v) is 34.0. The first-order valence-electron chi connectivity index (χ1n) is 20.4. The van der Waals surface area contributed by atoms with Gasteiger partial charge in [-0.25, -0.2) is 0 Å². The van der Waals surface area contributed by atoms with Gasteiger partial charge in [0.1, 0.15) is 0 Å². The van der Waals surface area contributed by atoms with E-state index in [1.54, 1.807) is 0 Å². The molecule has 0 atom stereocenters. The van der Waals surface area contributed by atoms with Crippen LogP contribution in [0.2, 0.25) is 0 Å². The second kappa shape index (κ2) is 13.9. The molecule has 0 bridgehead atoms. The Morgan fingerprint density at radius 1 is 0.356 bits per heavy atom. The van der Waals surface area contributed by atoms with Crippen molar-refractivity contribution in [3.05, 3.63) is 247 Å². The molecule has 282 valence electrons. The van der Waals surface area contributed by atoms with Crippen LogP contribution in [-0.4, -0.2) is 12.5 Å². The van der Waals surface area contributed by atoms with E-state index in [0.29, 0.717) is 0 Å². The van der Waals surface area contributed by atoms with Crippen LogP contribution in [0.3, 0.4) is 0 Å². The fraction of sp³-hybridized carbons (Fsp3) is 0.0526. The van der Waals surface area contributed by atoms with Crippen LogP contribution in [0.15, 0.2) is 234 Å². The SMILES string of the molecule is CS1(C)c2cc(-c3ccccc3)ccc2-c2ccc(N(c3cccc(-c4ccccc4)c3)c3cccc4c3-c3ccccc3C4(c3ccccc3)c3ccccc3)cc21. The lowest BCUT2D eigenvalue weighted by Crippen LogP contribution is -2.28. The van der Waals surface area contributed by atoms with Crippen molar-refractivity contribution in [3.8, 4) is 44.5 Å². The van der Waals surface area contributed by atoms with E-state index in [0.717, 1.165) is 11.4 Å². The van der Waals surface area contributed by atoms with Gasteiger partial charge in [0.15, 0.2) is 0 Å². The largest absolute Gasteiger partial charge is 0.310 e. The van der Waals surface area contributed by atoms with Gasteiger partial charge in [-0.3, -0.25) is 0 Å². The van der Waals surface area contributed by atoms with Gasteiger partial charge in [-0.2, -0.15) is 10.0 Å². The number of benzene rings is 9. The summed E-state index contributed by atoms with van der Waals surface area (Å²) in [6.45, 7) is 0. The predicted molar refractivity (Wildman–Crippen MR) is 251 cm³/mol. The zero-order chi connectivity index (χ0) is 39.6. The smallest absolute Gasteiger partial charge is 0.0714 e. The van der Waals surface area contributed by atoms with Crippen LogP contribution in [0.25, 0.3) is 44.5 Å². The van der Waals surface area contributed by atoms with Crippen molar-refractivity contribution in [2.45, 2.75) is 15.2 Å². The standard InChI is InChI=1S/C57H43NS/c1-59(2)54-38-43(41-21-9-4-10-22-41)33-35-48(54)49-36-34-47(39-55(49)59)58(46-28-17-23-42(37-46)40-19-7-3-8-20-40)53-32-18-31-52-56(53)50-29-15-16-30-51(50)57(52,44-24-11-5-12-25-44)45-26-13-6-14-27-45/h3-39H,1-2H3. The second-order valence-corrected chi connectivity index (χ2v) is 19.6. The van der Waals surface area contributed by atoms with Crippen LogP contribution in [0.5, 0.6) is 0 Å². The van der Waals surface area contributed by atoms with Crippen molar-refractivity contribution < 1.29 is 0 Å². The van der Waals surface area contributed by atoms with Crippen LogP contribution < -0.4 is 4.90 Å². The summed E-state index contributed by atoms with van der Waals surface area (Å²) in [5, 5.41) is 0. The molecule has 0 radical (unpaired) electrons. The van der Waals surface area contributed by atoms with Crippen LogP contribution >= 0.6 is 10.0 Å². The quantitative estimate of drug-likeness (QED) is 0.156. The van der Waals surface area contributed by atoms with E-state index in [9.17, 15) is 0 Å². The normalized spacial score (nSPS) is 14.4. The molecule has 0 spiro atoms. The summed E-state index contributed by atoms with van der Waals surface area (Å²) in [6.07, 6.45) is 4.95. The first-order valence-corrected chi connectivity index (χ1v) is 22.9. The molecule has 1 aliphatic heterocycles. The molecule has 0 aromatic heterocycles. The van der Waals surface area contributed by atoms with E-state index in [1.807, 2.05) is 0 Å². The monoisotopic (exact) mass is 773 g/mol. The Hall–Kier alpha value is -6.87. The average molecular weight is 774 g/mol. The highest BCUT2D eigenvalue weighted by atomic mass is 32.3. The molecule has 0 saturated carbocycles. The predicted octanol–water partition coefficient (Wildman–Crippen LogP) is 15.3. The fourth-order valence-electron chi connectivity index (χ4n) is 9.93. The van der Waals surface area contributed by atoms with E-state index in [-0.39, 0.29) is 0 Å². The first-order chi connectivity index (χ1) is 29.0. The fourth-order valence-corrected chi connectivity index (χ4v) is 12.5. The molecule has 1 nitrogen and oxygen atoms in total. The third-order valence-corrected chi connectivity index (χ3v) is 15.5. The summed E-state index contributed by atoms with van der Waals surface area (Å²) in [5.41, 5.74) is 18.3. The molecule has 0 unspecified atom stereocenters. The molecule has 1 heterocycles. The summed E-state index contributed by atoms with van der Waals surface area (Å²) in [7, 11) is -1.34. The van der Waals surface area contributed by atoms with Gasteiger partial charge in [-0.1, -0.05) is 188 Å². The van der Waals surface area contributed by atoms with Gasteiger partial charge in [-0.15, -0.1) is 0 Å². The average Bonchev–Trinajstić information content (AvgIpc) is 3.73. The minimum Gasteiger partial charge on any atom is -0.310 e. The van der Waals surface area contributed by atoms with Gasteiger partial charge in [0, 0.05) is 26.7 Å². The van der Waals surface area contributed by atoms with Crippen molar-refractivity contribution >= 4 is 27.1 Å². The lowest BCUT2D eigenvalue weighted by atomic mass is 9.68. The van der Waals surface area contributed by atoms with Crippen LogP contribution in [0.4, 0.5) is 17.1 Å². The molecule has 2 heteroatoms.